The van der Waals surface area contributed by atoms with Crippen LogP contribution in [0.5, 0.6) is 0 Å². The van der Waals surface area contributed by atoms with E-state index in [1.807, 2.05) is 6.92 Å². The van der Waals surface area contributed by atoms with Gasteiger partial charge in [-0.2, -0.15) is 5.26 Å². The van der Waals surface area contributed by atoms with Crippen molar-refractivity contribution in [2.75, 3.05) is 33.4 Å². The van der Waals surface area contributed by atoms with Gasteiger partial charge in [0.15, 0.2) is 0 Å². The van der Waals surface area contributed by atoms with E-state index in [-0.39, 0.29) is 35.4 Å². The molecule has 7 nitrogen and oxygen atoms in total. The second kappa shape index (κ2) is 9.37. The highest BCUT2D eigenvalue weighted by molar-refractivity contribution is 7.89. The van der Waals surface area contributed by atoms with Crippen LogP contribution >= 0.6 is 0 Å². The average molecular weight is 353 g/mol. The fourth-order valence-corrected chi connectivity index (χ4v) is 3.13. The molecule has 0 bridgehead atoms. The Morgan fingerprint density at radius 1 is 1.46 bits per heavy atom. The molecule has 0 aromatic heterocycles. The Morgan fingerprint density at radius 3 is 2.75 bits per heavy atom. The summed E-state index contributed by atoms with van der Waals surface area (Å²) in [5, 5.41) is 8.90. The topological polar surface area (TPSA) is 99.5 Å². The summed E-state index contributed by atoms with van der Waals surface area (Å²) in [7, 11) is -2.22. The van der Waals surface area contributed by atoms with Crippen molar-refractivity contribution in [3.63, 3.8) is 0 Å². The van der Waals surface area contributed by atoms with Crippen LogP contribution in [-0.2, 0) is 14.8 Å². The van der Waals surface area contributed by atoms with Gasteiger partial charge in [0.05, 0.1) is 23.5 Å². The molecule has 132 valence electrons. The number of nitriles is 1. The van der Waals surface area contributed by atoms with Crippen LogP contribution in [0.3, 0.4) is 0 Å². The zero-order valence-electron chi connectivity index (χ0n) is 14.2. The lowest BCUT2D eigenvalue weighted by Gasteiger charge is -2.22. The minimum absolute atomic E-state index is 0.0221. The molecule has 0 spiro atoms. The van der Waals surface area contributed by atoms with E-state index in [1.165, 1.54) is 30.2 Å². The summed E-state index contributed by atoms with van der Waals surface area (Å²) in [6.07, 6.45) is 0. The molecule has 0 saturated heterocycles. The predicted octanol–water partition coefficient (Wildman–Crippen LogP) is 1.23. The molecule has 0 radical (unpaired) electrons. The summed E-state index contributed by atoms with van der Waals surface area (Å²) < 4.78 is 31.6. The van der Waals surface area contributed by atoms with Gasteiger partial charge in [-0.3, -0.25) is 4.79 Å². The SMILES string of the molecule is CCN(CC(C)C#N)C(=O)c1cccc(S(=O)(=O)NCCOC)c1. The molecule has 0 aliphatic rings. The Labute approximate surface area is 143 Å². The number of ether oxygens (including phenoxy) is 1. The van der Waals surface area contributed by atoms with Crippen molar-refractivity contribution in [3.8, 4) is 6.07 Å². The van der Waals surface area contributed by atoms with Crippen LogP contribution in [0, 0.1) is 17.2 Å². The second-order valence-electron chi connectivity index (χ2n) is 5.29. The van der Waals surface area contributed by atoms with Gasteiger partial charge in [-0.15, -0.1) is 0 Å². The van der Waals surface area contributed by atoms with Gasteiger partial charge < -0.3 is 9.64 Å². The highest BCUT2D eigenvalue weighted by Crippen LogP contribution is 2.14. The minimum atomic E-state index is -3.70. The van der Waals surface area contributed by atoms with Crippen LogP contribution in [-0.4, -0.2) is 52.6 Å². The van der Waals surface area contributed by atoms with Gasteiger partial charge in [0.1, 0.15) is 0 Å². The molecule has 1 aromatic rings. The van der Waals surface area contributed by atoms with Crippen molar-refractivity contribution >= 4 is 15.9 Å². The van der Waals surface area contributed by atoms with Gasteiger partial charge in [-0.25, -0.2) is 13.1 Å². The first-order valence-electron chi connectivity index (χ1n) is 7.63. The number of rotatable bonds is 9. The number of carbonyl (C=O) groups excluding carboxylic acids is 1. The fraction of sp³-hybridized carbons (Fsp3) is 0.500. The first-order chi connectivity index (χ1) is 11.4. The van der Waals surface area contributed by atoms with Crippen molar-refractivity contribution in [1.82, 2.24) is 9.62 Å². The fourth-order valence-electron chi connectivity index (χ4n) is 2.07. The van der Waals surface area contributed by atoms with E-state index in [9.17, 15) is 13.2 Å². The van der Waals surface area contributed by atoms with E-state index in [0.717, 1.165) is 0 Å². The summed E-state index contributed by atoms with van der Waals surface area (Å²) >= 11 is 0. The van der Waals surface area contributed by atoms with E-state index in [0.29, 0.717) is 13.1 Å². The molecule has 1 unspecified atom stereocenters. The second-order valence-corrected chi connectivity index (χ2v) is 7.06. The van der Waals surface area contributed by atoms with Crippen molar-refractivity contribution in [1.29, 1.82) is 5.26 Å². The largest absolute Gasteiger partial charge is 0.383 e. The number of hydrogen-bond donors (Lipinski definition) is 1. The zero-order chi connectivity index (χ0) is 18.2. The maximum absolute atomic E-state index is 12.5. The lowest BCUT2D eigenvalue weighted by molar-refractivity contribution is 0.0752. The number of sulfonamides is 1. The lowest BCUT2D eigenvalue weighted by atomic mass is 10.1. The summed E-state index contributed by atoms with van der Waals surface area (Å²) in [5.74, 6) is -0.593. The molecule has 0 aliphatic carbocycles. The maximum atomic E-state index is 12.5. The van der Waals surface area contributed by atoms with Crippen molar-refractivity contribution in [2.45, 2.75) is 18.7 Å². The van der Waals surface area contributed by atoms with E-state index < -0.39 is 10.0 Å². The number of nitrogens with zero attached hydrogens (tertiary/aromatic N) is 2. The third-order valence-corrected chi connectivity index (χ3v) is 4.83. The molecule has 24 heavy (non-hydrogen) atoms. The van der Waals surface area contributed by atoms with Gasteiger partial charge in [0.2, 0.25) is 10.0 Å². The highest BCUT2D eigenvalue weighted by atomic mass is 32.2. The lowest BCUT2D eigenvalue weighted by Crippen LogP contribution is -2.34. The van der Waals surface area contributed by atoms with Crippen LogP contribution in [0.25, 0.3) is 0 Å². The molecular weight excluding hydrogens is 330 g/mol. The van der Waals surface area contributed by atoms with Crippen LogP contribution in [0.4, 0.5) is 0 Å². The third-order valence-electron chi connectivity index (χ3n) is 3.37. The summed E-state index contributed by atoms with van der Waals surface area (Å²) in [6, 6.07) is 7.96. The molecule has 1 N–H and O–H groups in total. The van der Waals surface area contributed by atoms with Crippen LogP contribution < -0.4 is 4.72 Å². The predicted molar refractivity (Wildman–Crippen MR) is 89.9 cm³/mol. The maximum Gasteiger partial charge on any atom is 0.253 e. The van der Waals surface area contributed by atoms with E-state index in [1.54, 1.807) is 13.0 Å². The quantitative estimate of drug-likeness (QED) is 0.673. The Balaban J connectivity index is 2.98. The average Bonchev–Trinajstić information content (AvgIpc) is 2.59. The monoisotopic (exact) mass is 353 g/mol. The minimum Gasteiger partial charge on any atom is -0.383 e. The molecule has 0 heterocycles. The highest BCUT2D eigenvalue weighted by Gasteiger charge is 2.20. The zero-order valence-corrected chi connectivity index (χ0v) is 15.0. The van der Waals surface area contributed by atoms with Crippen LogP contribution in [0.2, 0.25) is 0 Å². The molecule has 0 saturated carbocycles. The van der Waals surface area contributed by atoms with Gasteiger partial charge in [-0.05, 0) is 32.0 Å². The number of carbonyl (C=O) groups is 1. The molecule has 8 heteroatoms. The molecule has 1 atom stereocenters. The summed E-state index contributed by atoms with van der Waals surface area (Å²) in [4.78, 5) is 14.1. The third kappa shape index (κ3) is 5.60. The first kappa shape index (κ1) is 20.1. The number of benzene rings is 1. The Hall–Kier alpha value is -1.95. The normalized spacial score (nSPS) is 12.4. The Bertz CT molecular complexity index is 698. The number of amides is 1. The van der Waals surface area contributed by atoms with Gasteiger partial charge >= 0.3 is 0 Å². The van der Waals surface area contributed by atoms with Crippen LogP contribution in [0.15, 0.2) is 29.2 Å². The summed E-state index contributed by atoms with van der Waals surface area (Å²) in [5.41, 5.74) is 0.275. The molecule has 1 rings (SSSR count). The molecule has 0 aliphatic heterocycles. The smallest absolute Gasteiger partial charge is 0.253 e. The molecule has 0 fully saturated rings. The Morgan fingerprint density at radius 2 is 2.17 bits per heavy atom. The number of hydrogen-bond acceptors (Lipinski definition) is 5. The number of methoxy groups -OCH3 is 1. The molecular formula is C16H23N3O4S. The van der Waals surface area contributed by atoms with Crippen molar-refractivity contribution < 1.29 is 17.9 Å². The van der Waals surface area contributed by atoms with Crippen LogP contribution in [0.1, 0.15) is 24.2 Å². The van der Waals surface area contributed by atoms with Crippen molar-refractivity contribution in [3.05, 3.63) is 29.8 Å². The molecule has 1 amide bonds. The Kier molecular flexibility index (Phi) is 7.85. The number of nitrogens with one attached hydrogen (secondary N) is 1. The van der Waals surface area contributed by atoms with Crippen molar-refractivity contribution in [2.24, 2.45) is 5.92 Å². The van der Waals surface area contributed by atoms with Gasteiger partial charge in [0.25, 0.3) is 5.91 Å². The standard InChI is InChI=1S/C16H23N3O4S/c1-4-19(12-13(2)11-17)16(20)14-6-5-7-15(10-14)24(21,22)18-8-9-23-3/h5-7,10,13,18H,4,8-9,12H2,1-3H3. The molecule has 1 aromatic carbocycles. The first-order valence-corrected chi connectivity index (χ1v) is 9.11. The van der Waals surface area contributed by atoms with E-state index in [4.69, 9.17) is 10.00 Å². The van der Waals surface area contributed by atoms with Gasteiger partial charge in [0, 0.05) is 32.3 Å². The van der Waals surface area contributed by atoms with E-state index in [2.05, 4.69) is 10.8 Å². The summed E-state index contributed by atoms with van der Waals surface area (Å²) in [6.45, 7) is 4.69. The van der Waals surface area contributed by atoms with Gasteiger partial charge in [-0.1, -0.05) is 6.07 Å². The van der Waals surface area contributed by atoms with E-state index >= 15 is 0 Å².